The Bertz CT molecular complexity index is 696. The normalized spacial score (nSPS) is 16.7. The zero-order valence-corrected chi connectivity index (χ0v) is 12.4. The van der Waals surface area contributed by atoms with Crippen molar-refractivity contribution in [3.05, 3.63) is 40.9 Å². The highest BCUT2D eigenvalue weighted by Crippen LogP contribution is 2.25. The minimum absolute atomic E-state index is 0.0681. The Morgan fingerprint density at radius 1 is 1.38 bits per heavy atom. The van der Waals surface area contributed by atoms with Gasteiger partial charge in [-0.25, -0.2) is 4.98 Å². The van der Waals surface area contributed by atoms with Crippen LogP contribution in [0.5, 0.6) is 0 Å². The van der Waals surface area contributed by atoms with E-state index in [1.54, 1.807) is 5.38 Å². The molecule has 1 aromatic heterocycles. The van der Waals surface area contributed by atoms with Crippen LogP contribution in [-0.4, -0.2) is 23.2 Å². The molecule has 0 spiro atoms. The number of hydrogen-bond acceptors (Lipinski definition) is 5. The van der Waals surface area contributed by atoms with Crippen LogP contribution in [0.3, 0.4) is 0 Å². The minimum atomic E-state index is -0.135. The van der Waals surface area contributed by atoms with Gasteiger partial charge in [-0.3, -0.25) is 9.59 Å². The molecule has 0 bridgehead atoms. The first kappa shape index (κ1) is 13.8. The third-order valence-corrected chi connectivity index (χ3v) is 4.25. The summed E-state index contributed by atoms with van der Waals surface area (Å²) in [7, 11) is 0. The number of benzene rings is 1. The number of carbonyl (C=O) groups excluding carboxylic acids is 2. The summed E-state index contributed by atoms with van der Waals surface area (Å²) in [5.74, 6) is -0.300. The number of carbonyl (C=O) groups is 2. The maximum Gasteiger partial charge on any atom is 0.231 e. The summed E-state index contributed by atoms with van der Waals surface area (Å²) in [6.45, 7) is 2.07. The lowest BCUT2D eigenvalue weighted by Gasteiger charge is -2.24. The Morgan fingerprint density at radius 3 is 2.95 bits per heavy atom. The van der Waals surface area contributed by atoms with Crippen LogP contribution in [0.15, 0.2) is 29.6 Å². The van der Waals surface area contributed by atoms with Crippen molar-refractivity contribution in [1.29, 1.82) is 0 Å². The second-order valence-corrected chi connectivity index (χ2v) is 5.88. The van der Waals surface area contributed by atoms with Gasteiger partial charge >= 0.3 is 0 Å². The summed E-state index contributed by atoms with van der Waals surface area (Å²) in [6, 6.07) is 7.99. The number of hydrogen-bond donors (Lipinski definition) is 2. The lowest BCUT2D eigenvalue weighted by atomic mass is 9.93. The van der Waals surface area contributed by atoms with E-state index in [4.69, 9.17) is 0 Å². The summed E-state index contributed by atoms with van der Waals surface area (Å²) in [5, 5.41) is 8.20. The first-order valence-electron chi connectivity index (χ1n) is 6.72. The number of thiazole rings is 1. The van der Waals surface area contributed by atoms with Crippen LogP contribution >= 0.6 is 11.3 Å². The van der Waals surface area contributed by atoms with E-state index in [0.717, 1.165) is 11.3 Å². The molecule has 0 radical (unpaired) electrons. The van der Waals surface area contributed by atoms with Gasteiger partial charge in [-0.2, -0.15) is 0 Å². The summed E-state index contributed by atoms with van der Waals surface area (Å²) in [5.41, 5.74) is 2.63. The number of Topliss-reactive ketones (excluding diaryl/α,β-unsaturated/α-hetero) is 1. The summed E-state index contributed by atoms with van der Waals surface area (Å²) in [6.07, 6.45) is 0.708. The smallest absolute Gasteiger partial charge is 0.231 e. The molecular weight excluding hydrogens is 286 g/mol. The lowest BCUT2D eigenvalue weighted by Crippen LogP contribution is -2.33. The van der Waals surface area contributed by atoms with Crippen LogP contribution in [-0.2, 0) is 11.2 Å². The van der Waals surface area contributed by atoms with Gasteiger partial charge in [0.05, 0.1) is 5.92 Å². The van der Waals surface area contributed by atoms with Crippen LogP contribution < -0.4 is 10.6 Å². The van der Waals surface area contributed by atoms with E-state index >= 15 is 0 Å². The molecule has 2 heterocycles. The summed E-state index contributed by atoms with van der Waals surface area (Å²) in [4.78, 5) is 27.6. The molecule has 2 N–H and O–H groups in total. The van der Waals surface area contributed by atoms with E-state index in [2.05, 4.69) is 15.6 Å². The summed E-state index contributed by atoms with van der Waals surface area (Å²) < 4.78 is 0. The molecule has 0 aliphatic carbocycles. The van der Waals surface area contributed by atoms with Crippen molar-refractivity contribution in [1.82, 2.24) is 4.98 Å². The van der Waals surface area contributed by atoms with Crippen molar-refractivity contribution in [3.8, 4) is 0 Å². The van der Waals surface area contributed by atoms with Gasteiger partial charge in [0, 0.05) is 24.5 Å². The van der Waals surface area contributed by atoms with Crippen molar-refractivity contribution in [2.75, 3.05) is 17.2 Å². The second kappa shape index (κ2) is 5.65. The maximum absolute atomic E-state index is 12.3. The maximum atomic E-state index is 12.3. The Labute approximate surface area is 126 Å². The van der Waals surface area contributed by atoms with Crippen molar-refractivity contribution < 1.29 is 9.59 Å². The van der Waals surface area contributed by atoms with Crippen molar-refractivity contribution in [2.24, 2.45) is 5.92 Å². The van der Waals surface area contributed by atoms with Crippen LogP contribution in [0.1, 0.15) is 23.0 Å². The summed E-state index contributed by atoms with van der Waals surface area (Å²) >= 11 is 1.27. The highest BCUT2D eigenvalue weighted by Gasteiger charge is 2.25. The molecule has 1 atom stereocenters. The van der Waals surface area contributed by atoms with E-state index in [9.17, 15) is 9.59 Å². The fourth-order valence-corrected chi connectivity index (χ4v) is 3.08. The molecule has 1 aromatic carbocycles. The van der Waals surface area contributed by atoms with Crippen LogP contribution in [0, 0.1) is 5.92 Å². The second-order valence-electron chi connectivity index (χ2n) is 5.02. The molecule has 3 rings (SSSR count). The standard InChI is InChI=1S/C15H15N3O2S/c1-9(19)13-8-21-15(17-13)18-14(20)11-6-10-4-2-3-5-12(10)16-7-11/h2-5,8,11,16H,6-7H2,1H3,(H,17,18,20). The first-order chi connectivity index (χ1) is 10.1. The molecule has 5 nitrogen and oxygen atoms in total. The van der Waals surface area contributed by atoms with E-state index in [-0.39, 0.29) is 17.6 Å². The average molecular weight is 301 g/mol. The van der Waals surface area contributed by atoms with Crippen molar-refractivity contribution in [3.63, 3.8) is 0 Å². The fraction of sp³-hybridized carbons (Fsp3) is 0.267. The number of para-hydroxylation sites is 1. The third-order valence-electron chi connectivity index (χ3n) is 3.49. The number of ketones is 1. The molecule has 2 aromatic rings. The molecule has 0 saturated heterocycles. The van der Waals surface area contributed by atoms with E-state index < -0.39 is 0 Å². The topological polar surface area (TPSA) is 71.1 Å². The van der Waals surface area contributed by atoms with Gasteiger partial charge in [-0.05, 0) is 18.1 Å². The van der Waals surface area contributed by atoms with E-state index in [1.807, 2.05) is 24.3 Å². The number of aromatic nitrogens is 1. The highest BCUT2D eigenvalue weighted by molar-refractivity contribution is 7.14. The lowest BCUT2D eigenvalue weighted by molar-refractivity contribution is -0.119. The third kappa shape index (κ3) is 2.95. The number of rotatable bonds is 3. The van der Waals surface area contributed by atoms with Gasteiger partial charge in [-0.1, -0.05) is 18.2 Å². The monoisotopic (exact) mass is 301 g/mol. The average Bonchev–Trinajstić information content (AvgIpc) is 2.95. The van der Waals surface area contributed by atoms with E-state index in [0.29, 0.717) is 23.8 Å². The Morgan fingerprint density at radius 2 is 2.19 bits per heavy atom. The molecule has 6 heteroatoms. The number of anilines is 2. The molecule has 21 heavy (non-hydrogen) atoms. The van der Waals surface area contributed by atoms with Gasteiger partial charge < -0.3 is 10.6 Å². The molecule has 108 valence electrons. The van der Waals surface area contributed by atoms with Crippen molar-refractivity contribution >= 4 is 33.8 Å². The van der Waals surface area contributed by atoms with Gasteiger partial charge in [-0.15, -0.1) is 11.3 Å². The molecule has 0 fully saturated rings. The van der Waals surface area contributed by atoms with Gasteiger partial charge in [0.25, 0.3) is 0 Å². The van der Waals surface area contributed by atoms with Crippen LogP contribution in [0.2, 0.25) is 0 Å². The predicted octanol–water partition coefficient (Wildman–Crippen LogP) is 2.57. The SMILES string of the molecule is CC(=O)c1csc(NC(=O)C2CNc3ccccc3C2)n1. The molecule has 1 aliphatic heterocycles. The number of fused-ring (bicyclic) bond motifs is 1. The van der Waals surface area contributed by atoms with Gasteiger partial charge in [0.1, 0.15) is 5.69 Å². The molecule has 1 amide bonds. The van der Waals surface area contributed by atoms with Crippen molar-refractivity contribution in [2.45, 2.75) is 13.3 Å². The molecule has 1 aliphatic rings. The Balaban J connectivity index is 1.67. The van der Waals surface area contributed by atoms with Crippen LogP contribution in [0.25, 0.3) is 0 Å². The quantitative estimate of drug-likeness (QED) is 0.855. The van der Waals surface area contributed by atoms with Crippen LogP contribution in [0.4, 0.5) is 10.8 Å². The fourth-order valence-electron chi connectivity index (χ4n) is 2.33. The minimum Gasteiger partial charge on any atom is -0.384 e. The molecule has 1 unspecified atom stereocenters. The number of nitrogens with one attached hydrogen (secondary N) is 2. The zero-order valence-electron chi connectivity index (χ0n) is 11.6. The van der Waals surface area contributed by atoms with E-state index in [1.165, 1.54) is 18.3 Å². The zero-order chi connectivity index (χ0) is 14.8. The number of amides is 1. The Kier molecular flexibility index (Phi) is 3.70. The van der Waals surface area contributed by atoms with Gasteiger partial charge in [0.2, 0.25) is 5.91 Å². The number of nitrogens with zero attached hydrogens (tertiary/aromatic N) is 1. The molecular formula is C15H15N3O2S. The Hall–Kier alpha value is -2.21. The first-order valence-corrected chi connectivity index (χ1v) is 7.60. The predicted molar refractivity (Wildman–Crippen MR) is 82.9 cm³/mol. The largest absolute Gasteiger partial charge is 0.384 e. The van der Waals surface area contributed by atoms with Gasteiger partial charge in [0.15, 0.2) is 10.9 Å². The molecule has 0 saturated carbocycles. The highest BCUT2D eigenvalue weighted by atomic mass is 32.1.